The molecule has 4 nitrogen and oxygen atoms in total. The lowest BCUT2D eigenvalue weighted by atomic mass is 9.57. The van der Waals surface area contributed by atoms with Crippen molar-refractivity contribution in [1.82, 2.24) is 0 Å². The lowest BCUT2D eigenvalue weighted by Crippen LogP contribution is -2.65. The number of aliphatic hydroxyl groups is 4. The summed E-state index contributed by atoms with van der Waals surface area (Å²) in [4.78, 5) is 0. The van der Waals surface area contributed by atoms with Crippen LogP contribution in [0.5, 0.6) is 0 Å². The Balaban J connectivity index is 2.06. The predicted octanol–water partition coefficient (Wildman–Crippen LogP) is 0.0302. The molecular formula is C13H22O4. The van der Waals surface area contributed by atoms with Crippen molar-refractivity contribution in [1.29, 1.82) is 0 Å². The molecule has 0 aromatic heterocycles. The summed E-state index contributed by atoms with van der Waals surface area (Å²) in [5.41, 5.74) is -1.09. The zero-order chi connectivity index (χ0) is 12.2. The maximum atomic E-state index is 10.3. The molecule has 0 heterocycles. The molecule has 0 aromatic carbocycles. The van der Waals surface area contributed by atoms with Crippen LogP contribution in [0, 0.1) is 17.3 Å². The van der Waals surface area contributed by atoms with Crippen molar-refractivity contribution in [3.05, 3.63) is 0 Å². The van der Waals surface area contributed by atoms with Gasteiger partial charge in [-0.25, -0.2) is 0 Å². The van der Waals surface area contributed by atoms with E-state index >= 15 is 0 Å². The molecule has 17 heavy (non-hydrogen) atoms. The molecule has 0 aliphatic heterocycles. The van der Waals surface area contributed by atoms with Crippen molar-refractivity contribution in [3.8, 4) is 0 Å². The Morgan fingerprint density at radius 3 is 1.18 bits per heavy atom. The van der Waals surface area contributed by atoms with Crippen molar-refractivity contribution >= 4 is 0 Å². The quantitative estimate of drug-likeness (QED) is 0.483. The van der Waals surface area contributed by atoms with E-state index in [0.29, 0.717) is 37.5 Å². The monoisotopic (exact) mass is 242 g/mol. The van der Waals surface area contributed by atoms with E-state index in [1.165, 1.54) is 0 Å². The lowest BCUT2D eigenvalue weighted by Gasteiger charge is -2.54. The van der Waals surface area contributed by atoms with Gasteiger partial charge in [0.15, 0.2) is 0 Å². The first-order chi connectivity index (χ1) is 8.05. The van der Waals surface area contributed by atoms with Crippen LogP contribution >= 0.6 is 0 Å². The Morgan fingerprint density at radius 2 is 0.882 bits per heavy atom. The van der Waals surface area contributed by atoms with Crippen LogP contribution in [-0.4, -0.2) is 44.8 Å². The summed E-state index contributed by atoms with van der Waals surface area (Å²) in [6, 6.07) is 0. The van der Waals surface area contributed by atoms with Gasteiger partial charge in [-0.3, -0.25) is 0 Å². The molecule has 6 aliphatic carbocycles. The highest BCUT2D eigenvalue weighted by molar-refractivity contribution is 5.10. The standard InChI is InChI=1S/C13H22O4/c14-9-3-7-1-2-8-5-11(16)13(9,10(15)4-7)12(17)6-8/h7-12,14-17H,1-6H2. The van der Waals surface area contributed by atoms with Gasteiger partial charge in [-0.05, 0) is 50.4 Å². The highest BCUT2D eigenvalue weighted by Crippen LogP contribution is 2.53. The van der Waals surface area contributed by atoms with Gasteiger partial charge in [0, 0.05) is 0 Å². The fourth-order valence-corrected chi connectivity index (χ4v) is 4.55. The van der Waals surface area contributed by atoms with Crippen molar-refractivity contribution in [3.63, 3.8) is 0 Å². The van der Waals surface area contributed by atoms with Gasteiger partial charge in [-0.1, -0.05) is 0 Å². The zero-order valence-electron chi connectivity index (χ0n) is 10.00. The second kappa shape index (κ2) is 3.92. The molecule has 6 rings (SSSR count). The van der Waals surface area contributed by atoms with Crippen molar-refractivity contribution in [2.75, 3.05) is 0 Å². The van der Waals surface area contributed by atoms with E-state index in [9.17, 15) is 20.4 Å². The summed E-state index contributed by atoms with van der Waals surface area (Å²) < 4.78 is 0. The van der Waals surface area contributed by atoms with Crippen molar-refractivity contribution < 1.29 is 20.4 Å². The van der Waals surface area contributed by atoms with Crippen molar-refractivity contribution in [2.24, 2.45) is 17.3 Å². The SMILES string of the molecule is OC1CC2CCC3CC(O)C1(C(O)C2)C(O)C3. The van der Waals surface area contributed by atoms with Crippen LogP contribution in [0.15, 0.2) is 0 Å². The molecule has 0 amide bonds. The van der Waals surface area contributed by atoms with E-state index in [4.69, 9.17) is 0 Å². The Hall–Kier alpha value is -0.160. The molecule has 6 aliphatic rings. The highest BCUT2D eigenvalue weighted by Gasteiger charge is 2.61. The van der Waals surface area contributed by atoms with Gasteiger partial charge in [0.2, 0.25) is 0 Å². The predicted molar refractivity (Wildman–Crippen MR) is 61.1 cm³/mol. The van der Waals surface area contributed by atoms with Gasteiger partial charge in [-0.15, -0.1) is 0 Å². The van der Waals surface area contributed by atoms with E-state index in [1.807, 2.05) is 0 Å². The van der Waals surface area contributed by atoms with Crippen LogP contribution < -0.4 is 0 Å². The fraction of sp³-hybridized carbons (Fsp3) is 1.00. The minimum absolute atomic E-state index is 0.339. The van der Waals surface area contributed by atoms with E-state index in [1.54, 1.807) is 0 Å². The lowest BCUT2D eigenvalue weighted by molar-refractivity contribution is -0.234. The van der Waals surface area contributed by atoms with E-state index in [2.05, 4.69) is 0 Å². The largest absolute Gasteiger partial charge is 0.392 e. The highest BCUT2D eigenvalue weighted by atomic mass is 16.3. The van der Waals surface area contributed by atoms with Crippen LogP contribution in [0.3, 0.4) is 0 Å². The van der Waals surface area contributed by atoms with Crippen LogP contribution in [0.4, 0.5) is 0 Å². The van der Waals surface area contributed by atoms with Crippen LogP contribution in [0.1, 0.15) is 38.5 Å². The Labute approximate surface area is 101 Å². The molecule has 0 radical (unpaired) electrons. The molecule has 0 saturated heterocycles. The topological polar surface area (TPSA) is 80.9 Å². The second-order valence-electron chi connectivity index (χ2n) is 6.32. The molecule has 4 atom stereocenters. The first-order valence-corrected chi connectivity index (χ1v) is 6.77. The number of aliphatic hydroxyl groups excluding tert-OH is 4. The third kappa shape index (κ3) is 1.51. The smallest absolute Gasteiger partial charge is 0.0739 e. The van der Waals surface area contributed by atoms with Crippen molar-refractivity contribution in [2.45, 2.75) is 62.9 Å². The Morgan fingerprint density at radius 1 is 0.588 bits per heavy atom. The molecule has 1 spiro atoms. The summed E-state index contributed by atoms with van der Waals surface area (Å²) in [6.45, 7) is 0. The Kier molecular flexibility index (Phi) is 2.74. The molecular weight excluding hydrogens is 220 g/mol. The average molecular weight is 242 g/mol. The fourth-order valence-electron chi connectivity index (χ4n) is 4.55. The van der Waals surface area contributed by atoms with Gasteiger partial charge in [-0.2, -0.15) is 0 Å². The molecule has 3 bridgehead atoms. The Bertz CT molecular complexity index is 248. The van der Waals surface area contributed by atoms with Crippen LogP contribution in [-0.2, 0) is 0 Å². The molecule has 6 fully saturated rings. The zero-order valence-corrected chi connectivity index (χ0v) is 10.00. The van der Waals surface area contributed by atoms with Crippen LogP contribution in [0.2, 0.25) is 0 Å². The number of rotatable bonds is 0. The molecule has 0 aromatic rings. The van der Waals surface area contributed by atoms with E-state index < -0.39 is 29.8 Å². The van der Waals surface area contributed by atoms with Gasteiger partial charge in [0.05, 0.1) is 29.8 Å². The van der Waals surface area contributed by atoms with Gasteiger partial charge >= 0.3 is 0 Å². The minimum Gasteiger partial charge on any atom is -0.392 e. The third-order valence-electron chi connectivity index (χ3n) is 5.52. The molecule has 4 heteroatoms. The molecule has 4 N–H and O–H groups in total. The molecule has 98 valence electrons. The first-order valence-electron chi connectivity index (χ1n) is 6.77. The summed E-state index contributed by atoms with van der Waals surface area (Å²) >= 11 is 0. The summed E-state index contributed by atoms with van der Waals surface area (Å²) in [7, 11) is 0. The normalized spacial score (nSPS) is 58.6. The van der Waals surface area contributed by atoms with Gasteiger partial charge in [0.1, 0.15) is 0 Å². The first kappa shape index (κ1) is 11.9. The molecule has 6 saturated carbocycles. The second-order valence-corrected chi connectivity index (χ2v) is 6.32. The van der Waals surface area contributed by atoms with Gasteiger partial charge in [0.25, 0.3) is 0 Å². The minimum atomic E-state index is -1.09. The number of hydrogen-bond acceptors (Lipinski definition) is 4. The average Bonchev–Trinajstić information content (AvgIpc) is 2.36. The van der Waals surface area contributed by atoms with Crippen LogP contribution in [0.25, 0.3) is 0 Å². The van der Waals surface area contributed by atoms with E-state index in [0.717, 1.165) is 12.8 Å². The summed E-state index contributed by atoms with van der Waals surface area (Å²) in [6.07, 6.45) is 1.31. The third-order valence-corrected chi connectivity index (χ3v) is 5.52. The van der Waals surface area contributed by atoms with Gasteiger partial charge < -0.3 is 20.4 Å². The van der Waals surface area contributed by atoms with E-state index in [-0.39, 0.29) is 0 Å². The summed E-state index contributed by atoms with van der Waals surface area (Å²) in [5, 5.41) is 41.3. The maximum absolute atomic E-state index is 10.3. The molecule has 4 unspecified atom stereocenters. The number of hydrogen-bond donors (Lipinski definition) is 4. The maximum Gasteiger partial charge on any atom is 0.0739 e. The summed E-state index contributed by atoms with van der Waals surface area (Å²) in [5.74, 6) is 0.678.